The maximum atomic E-state index is 11.7. The fourth-order valence-electron chi connectivity index (χ4n) is 2.12. The minimum absolute atomic E-state index is 0.0185. The van der Waals surface area contributed by atoms with Gasteiger partial charge in [-0.05, 0) is 25.1 Å². The first kappa shape index (κ1) is 15.4. The number of nitrogens with one attached hydrogen (secondary N) is 2. The van der Waals surface area contributed by atoms with Crippen LogP contribution in [0.25, 0.3) is 11.3 Å². The number of ether oxygens (including phenoxy) is 2. The SMILES string of the molecule is COCC(=O)Nc1nc(-c2ccc3c(c2)NC(=O)C(C)O3)cs1. The van der Waals surface area contributed by atoms with Gasteiger partial charge in [0.15, 0.2) is 11.2 Å². The zero-order valence-corrected chi connectivity index (χ0v) is 13.4. The van der Waals surface area contributed by atoms with Gasteiger partial charge in [0, 0.05) is 18.1 Å². The summed E-state index contributed by atoms with van der Waals surface area (Å²) in [7, 11) is 1.46. The van der Waals surface area contributed by atoms with Crippen LogP contribution in [-0.4, -0.2) is 36.6 Å². The quantitative estimate of drug-likeness (QED) is 0.894. The summed E-state index contributed by atoms with van der Waals surface area (Å²) in [6.07, 6.45) is -0.504. The number of fused-ring (bicyclic) bond motifs is 1. The normalized spacial score (nSPS) is 16.3. The molecule has 0 aliphatic carbocycles. The van der Waals surface area contributed by atoms with E-state index in [1.807, 2.05) is 11.4 Å². The van der Waals surface area contributed by atoms with Crippen molar-refractivity contribution in [2.45, 2.75) is 13.0 Å². The second-order valence-corrected chi connectivity index (χ2v) is 5.84. The van der Waals surface area contributed by atoms with Gasteiger partial charge < -0.3 is 14.8 Å². The third-order valence-electron chi connectivity index (χ3n) is 3.23. The first-order chi connectivity index (χ1) is 11.1. The van der Waals surface area contributed by atoms with Crippen LogP contribution in [0.2, 0.25) is 0 Å². The Morgan fingerprint density at radius 1 is 1.52 bits per heavy atom. The molecule has 3 rings (SSSR count). The minimum atomic E-state index is -0.504. The predicted octanol–water partition coefficient (Wildman–Crippen LogP) is 2.11. The number of aromatic nitrogens is 1. The lowest BCUT2D eigenvalue weighted by Crippen LogP contribution is -2.34. The Morgan fingerprint density at radius 2 is 2.35 bits per heavy atom. The van der Waals surface area contributed by atoms with E-state index in [1.54, 1.807) is 19.1 Å². The second-order valence-electron chi connectivity index (χ2n) is 4.98. The van der Waals surface area contributed by atoms with Crippen LogP contribution in [0.4, 0.5) is 10.8 Å². The topological polar surface area (TPSA) is 89.5 Å². The van der Waals surface area contributed by atoms with E-state index < -0.39 is 6.10 Å². The van der Waals surface area contributed by atoms with Crippen molar-refractivity contribution in [3.05, 3.63) is 23.6 Å². The van der Waals surface area contributed by atoms with E-state index in [1.165, 1.54) is 18.4 Å². The van der Waals surface area contributed by atoms with E-state index in [2.05, 4.69) is 15.6 Å². The summed E-state index contributed by atoms with van der Waals surface area (Å²) in [6.45, 7) is 1.68. The Balaban J connectivity index is 1.80. The Bertz CT molecular complexity index is 759. The number of amides is 2. The van der Waals surface area contributed by atoms with Crippen molar-refractivity contribution in [1.82, 2.24) is 4.98 Å². The highest BCUT2D eigenvalue weighted by Gasteiger charge is 2.23. The molecule has 2 aromatic rings. The maximum absolute atomic E-state index is 11.7. The molecule has 1 aliphatic heterocycles. The number of nitrogens with zero attached hydrogens (tertiary/aromatic N) is 1. The van der Waals surface area contributed by atoms with E-state index in [0.717, 1.165) is 5.56 Å². The van der Waals surface area contributed by atoms with Crippen molar-refractivity contribution in [3.8, 4) is 17.0 Å². The van der Waals surface area contributed by atoms with E-state index in [9.17, 15) is 9.59 Å². The standard InChI is InChI=1S/C15H15N3O4S/c1-8-14(20)16-10-5-9(3-4-12(10)22-8)11-7-23-15(17-11)18-13(19)6-21-2/h3-5,7-8H,6H2,1-2H3,(H,16,20)(H,17,18,19). The molecule has 120 valence electrons. The molecule has 0 saturated heterocycles. The molecule has 0 radical (unpaired) electrons. The Hall–Kier alpha value is -2.45. The largest absolute Gasteiger partial charge is 0.479 e. The molecule has 0 spiro atoms. The van der Waals surface area contributed by atoms with Gasteiger partial charge in [0.25, 0.3) is 11.8 Å². The molecule has 8 heteroatoms. The van der Waals surface area contributed by atoms with Gasteiger partial charge in [-0.3, -0.25) is 14.9 Å². The second kappa shape index (κ2) is 6.35. The highest BCUT2D eigenvalue weighted by molar-refractivity contribution is 7.14. The van der Waals surface area contributed by atoms with Crippen LogP contribution in [-0.2, 0) is 14.3 Å². The van der Waals surface area contributed by atoms with E-state index >= 15 is 0 Å². The number of carbonyl (C=O) groups excluding carboxylic acids is 2. The number of carbonyl (C=O) groups is 2. The summed E-state index contributed by atoms with van der Waals surface area (Å²) in [5.41, 5.74) is 2.15. The highest BCUT2D eigenvalue weighted by atomic mass is 32.1. The monoisotopic (exact) mass is 333 g/mol. The molecule has 2 amide bonds. The first-order valence-electron chi connectivity index (χ1n) is 6.93. The molecule has 7 nitrogen and oxygen atoms in total. The zero-order valence-electron chi connectivity index (χ0n) is 12.6. The van der Waals surface area contributed by atoms with Crippen LogP contribution in [0.5, 0.6) is 5.75 Å². The summed E-state index contributed by atoms with van der Waals surface area (Å²) in [4.78, 5) is 27.5. The number of benzene rings is 1. The Labute approximate surface area is 136 Å². The number of rotatable bonds is 4. The molecular formula is C15H15N3O4S. The molecule has 0 bridgehead atoms. The van der Waals surface area contributed by atoms with Crippen molar-refractivity contribution in [3.63, 3.8) is 0 Å². The van der Waals surface area contributed by atoms with Crippen LogP contribution < -0.4 is 15.4 Å². The molecule has 23 heavy (non-hydrogen) atoms. The lowest BCUT2D eigenvalue weighted by molar-refractivity contribution is -0.122. The molecule has 0 saturated carbocycles. The summed E-state index contributed by atoms with van der Waals surface area (Å²) in [5, 5.41) is 7.78. The maximum Gasteiger partial charge on any atom is 0.265 e. The molecule has 1 aromatic carbocycles. The van der Waals surface area contributed by atoms with Crippen LogP contribution in [0, 0.1) is 0 Å². The molecule has 1 aromatic heterocycles. The average Bonchev–Trinajstić information content (AvgIpc) is 2.96. The van der Waals surface area contributed by atoms with Gasteiger partial charge >= 0.3 is 0 Å². The molecule has 0 fully saturated rings. The third-order valence-corrected chi connectivity index (χ3v) is 3.99. The molecule has 1 atom stereocenters. The highest BCUT2D eigenvalue weighted by Crippen LogP contribution is 2.34. The fourth-order valence-corrected chi connectivity index (χ4v) is 2.85. The van der Waals surface area contributed by atoms with Gasteiger partial charge in [0.2, 0.25) is 0 Å². The lowest BCUT2D eigenvalue weighted by atomic mass is 10.1. The molecule has 2 heterocycles. The lowest BCUT2D eigenvalue weighted by Gasteiger charge is -2.23. The van der Waals surface area contributed by atoms with E-state index in [4.69, 9.17) is 9.47 Å². The van der Waals surface area contributed by atoms with Crippen molar-refractivity contribution in [2.75, 3.05) is 24.4 Å². The summed E-state index contributed by atoms with van der Waals surface area (Å²) in [6, 6.07) is 5.46. The van der Waals surface area contributed by atoms with Crippen LogP contribution in [0.15, 0.2) is 23.6 Å². The average molecular weight is 333 g/mol. The first-order valence-corrected chi connectivity index (χ1v) is 7.81. The summed E-state index contributed by atoms with van der Waals surface area (Å²) in [5.74, 6) is 0.193. The van der Waals surface area contributed by atoms with Gasteiger partial charge in [-0.2, -0.15) is 0 Å². The van der Waals surface area contributed by atoms with E-state index in [-0.39, 0.29) is 18.4 Å². The van der Waals surface area contributed by atoms with Gasteiger partial charge in [-0.1, -0.05) is 0 Å². The summed E-state index contributed by atoms with van der Waals surface area (Å²) < 4.78 is 10.3. The Kier molecular flexibility index (Phi) is 4.26. The van der Waals surface area contributed by atoms with E-state index in [0.29, 0.717) is 22.3 Å². The van der Waals surface area contributed by atoms with Crippen LogP contribution >= 0.6 is 11.3 Å². The van der Waals surface area contributed by atoms with Crippen molar-refractivity contribution >= 4 is 34.0 Å². The van der Waals surface area contributed by atoms with Crippen molar-refractivity contribution < 1.29 is 19.1 Å². The number of hydrogen-bond acceptors (Lipinski definition) is 6. The summed E-state index contributed by atoms with van der Waals surface area (Å²) >= 11 is 1.32. The smallest absolute Gasteiger partial charge is 0.265 e. The zero-order chi connectivity index (χ0) is 16.4. The number of methoxy groups -OCH3 is 1. The molecule has 1 aliphatic rings. The predicted molar refractivity (Wildman–Crippen MR) is 86.8 cm³/mol. The van der Waals surface area contributed by atoms with Crippen molar-refractivity contribution in [1.29, 1.82) is 0 Å². The molecular weight excluding hydrogens is 318 g/mol. The number of hydrogen-bond donors (Lipinski definition) is 2. The van der Waals surface area contributed by atoms with Gasteiger partial charge in [0.05, 0.1) is 11.4 Å². The van der Waals surface area contributed by atoms with Gasteiger partial charge in [0.1, 0.15) is 12.4 Å². The van der Waals surface area contributed by atoms with Crippen molar-refractivity contribution in [2.24, 2.45) is 0 Å². The third kappa shape index (κ3) is 3.33. The minimum Gasteiger partial charge on any atom is -0.479 e. The Morgan fingerprint density at radius 3 is 3.13 bits per heavy atom. The van der Waals surface area contributed by atoms with Gasteiger partial charge in [-0.15, -0.1) is 11.3 Å². The molecule has 1 unspecified atom stereocenters. The van der Waals surface area contributed by atoms with Crippen LogP contribution in [0.3, 0.4) is 0 Å². The molecule has 2 N–H and O–H groups in total. The number of anilines is 2. The van der Waals surface area contributed by atoms with Crippen LogP contribution in [0.1, 0.15) is 6.92 Å². The van der Waals surface area contributed by atoms with Gasteiger partial charge in [-0.25, -0.2) is 4.98 Å². The fraction of sp³-hybridized carbons (Fsp3) is 0.267. The number of thiazole rings is 1.